The van der Waals surface area contributed by atoms with Crippen LogP contribution in [-0.2, 0) is 0 Å². The van der Waals surface area contributed by atoms with Crippen molar-refractivity contribution in [1.29, 1.82) is 0 Å². The SMILES string of the molecule is Cc1ccc(F)c(O)c1[C@H](N)C(F)F. The van der Waals surface area contributed by atoms with E-state index in [9.17, 15) is 18.3 Å². The molecule has 1 atom stereocenters. The van der Waals surface area contributed by atoms with Crippen LogP contribution in [0.4, 0.5) is 13.2 Å². The first kappa shape index (κ1) is 10.8. The average molecular weight is 205 g/mol. The monoisotopic (exact) mass is 205 g/mol. The van der Waals surface area contributed by atoms with Crippen LogP contribution in [0.3, 0.4) is 0 Å². The van der Waals surface area contributed by atoms with Crippen LogP contribution in [-0.4, -0.2) is 11.5 Å². The minimum atomic E-state index is -2.83. The van der Waals surface area contributed by atoms with Gasteiger partial charge in [-0.1, -0.05) is 6.07 Å². The van der Waals surface area contributed by atoms with E-state index in [1.54, 1.807) is 0 Å². The molecular weight excluding hydrogens is 195 g/mol. The fraction of sp³-hybridized carbons (Fsp3) is 0.333. The van der Waals surface area contributed by atoms with Gasteiger partial charge in [-0.15, -0.1) is 0 Å². The normalized spacial score (nSPS) is 13.3. The van der Waals surface area contributed by atoms with Crippen LogP contribution in [0.5, 0.6) is 5.75 Å². The number of aryl methyl sites for hydroxylation is 1. The molecule has 0 amide bonds. The highest BCUT2D eigenvalue weighted by Crippen LogP contribution is 2.31. The quantitative estimate of drug-likeness (QED) is 0.776. The summed E-state index contributed by atoms with van der Waals surface area (Å²) in [5, 5.41) is 9.21. The third-order valence-corrected chi connectivity index (χ3v) is 1.99. The van der Waals surface area contributed by atoms with E-state index in [0.29, 0.717) is 5.56 Å². The first-order valence-corrected chi connectivity index (χ1v) is 3.97. The lowest BCUT2D eigenvalue weighted by molar-refractivity contribution is 0.114. The van der Waals surface area contributed by atoms with Crippen LogP contribution >= 0.6 is 0 Å². The third kappa shape index (κ3) is 1.82. The molecule has 0 aromatic heterocycles. The molecule has 0 spiro atoms. The Labute approximate surface area is 79.2 Å². The summed E-state index contributed by atoms with van der Waals surface area (Å²) in [5.41, 5.74) is 5.24. The molecule has 0 saturated carbocycles. The number of halogens is 3. The Kier molecular flexibility index (Phi) is 3.00. The summed E-state index contributed by atoms with van der Waals surface area (Å²) in [7, 11) is 0. The smallest absolute Gasteiger partial charge is 0.257 e. The molecule has 0 radical (unpaired) electrons. The largest absolute Gasteiger partial charge is 0.505 e. The average Bonchev–Trinajstić information content (AvgIpc) is 2.12. The van der Waals surface area contributed by atoms with Gasteiger partial charge >= 0.3 is 0 Å². The van der Waals surface area contributed by atoms with E-state index < -0.39 is 24.0 Å². The van der Waals surface area contributed by atoms with Crippen LogP contribution in [0.1, 0.15) is 17.2 Å². The second kappa shape index (κ2) is 3.88. The molecule has 5 heteroatoms. The van der Waals surface area contributed by atoms with Gasteiger partial charge in [-0.05, 0) is 18.6 Å². The van der Waals surface area contributed by atoms with Crippen LogP contribution < -0.4 is 5.73 Å². The molecule has 0 fully saturated rings. The van der Waals surface area contributed by atoms with E-state index in [4.69, 9.17) is 5.73 Å². The summed E-state index contributed by atoms with van der Waals surface area (Å²) >= 11 is 0. The molecule has 0 heterocycles. The van der Waals surface area contributed by atoms with Gasteiger partial charge < -0.3 is 10.8 Å². The van der Waals surface area contributed by atoms with E-state index in [2.05, 4.69) is 0 Å². The highest BCUT2D eigenvalue weighted by molar-refractivity contribution is 5.42. The van der Waals surface area contributed by atoms with Crippen LogP contribution in [0.2, 0.25) is 0 Å². The predicted molar refractivity (Wildman–Crippen MR) is 45.7 cm³/mol. The van der Waals surface area contributed by atoms with Gasteiger partial charge in [-0.2, -0.15) is 0 Å². The van der Waals surface area contributed by atoms with E-state index in [1.165, 1.54) is 13.0 Å². The lowest BCUT2D eigenvalue weighted by Crippen LogP contribution is -2.20. The van der Waals surface area contributed by atoms with Crippen molar-refractivity contribution in [1.82, 2.24) is 0 Å². The Morgan fingerprint density at radius 3 is 2.43 bits per heavy atom. The van der Waals surface area contributed by atoms with Gasteiger partial charge in [0.2, 0.25) is 0 Å². The molecule has 0 aliphatic heterocycles. The maximum absolute atomic E-state index is 12.8. The van der Waals surface area contributed by atoms with E-state index >= 15 is 0 Å². The van der Waals surface area contributed by atoms with Crippen molar-refractivity contribution >= 4 is 0 Å². The molecule has 0 unspecified atom stereocenters. The number of rotatable bonds is 2. The summed E-state index contributed by atoms with van der Waals surface area (Å²) in [5.74, 6) is -1.74. The van der Waals surface area contributed by atoms with Crippen molar-refractivity contribution in [3.8, 4) is 5.75 Å². The maximum atomic E-state index is 12.8. The minimum Gasteiger partial charge on any atom is -0.505 e. The molecule has 1 aromatic carbocycles. The summed E-state index contributed by atoms with van der Waals surface area (Å²) < 4.78 is 37.3. The second-order valence-electron chi connectivity index (χ2n) is 2.99. The number of phenolic OH excluding ortho intramolecular Hbond substituents is 1. The first-order valence-electron chi connectivity index (χ1n) is 3.97. The van der Waals surface area contributed by atoms with Gasteiger partial charge in [0, 0.05) is 5.56 Å². The fourth-order valence-electron chi connectivity index (χ4n) is 1.23. The molecule has 1 aromatic rings. The molecule has 1 rings (SSSR count). The van der Waals surface area contributed by atoms with Crippen molar-refractivity contribution in [2.24, 2.45) is 5.73 Å². The number of nitrogens with two attached hydrogens (primary N) is 1. The zero-order valence-corrected chi connectivity index (χ0v) is 7.47. The minimum absolute atomic E-state index is 0.236. The summed E-state index contributed by atoms with van der Waals surface area (Å²) in [4.78, 5) is 0. The maximum Gasteiger partial charge on any atom is 0.257 e. The van der Waals surface area contributed by atoms with Gasteiger partial charge in [0.1, 0.15) is 0 Å². The molecule has 78 valence electrons. The lowest BCUT2D eigenvalue weighted by atomic mass is 10.0. The molecule has 0 bridgehead atoms. The standard InChI is InChI=1S/C9H10F3NO/c1-4-2-3-5(10)8(14)6(4)7(13)9(11)12/h2-3,7,9,14H,13H2,1H3/t7-/m0/s1. The molecule has 0 aliphatic rings. The zero-order chi connectivity index (χ0) is 10.9. The molecule has 3 N–H and O–H groups in total. The number of hydrogen-bond acceptors (Lipinski definition) is 2. The van der Waals surface area contributed by atoms with Crippen LogP contribution in [0.25, 0.3) is 0 Å². The van der Waals surface area contributed by atoms with Crippen LogP contribution in [0, 0.1) is 12.7 Å². The Balaban J connectivity index is 3.25. The van der Waals surface area contributed by atoms with E-state index in [1.807, 2.05) is 0 Å². The van der Waals surface area contributed by atoms with Crippen molar-refractivity contribution in [2.75, 3.05) is 0 Å². The number of benzene rings is 1. The fourth-order valence-corrected chi connectivity index (χ4v) is 1.23. The van der Waals surface area contributed by atoms with Crippen molar-refractivity contribution in [3.63, 3.8) is 0 Å². The Morgan fingerprint density at radius 1 is 1.36 bits per heavy atom. The highest BCUT2D eigenvalue weighted by atomic mass is 19.3. The summed E-state index contributed by atoms with van der Waals surface area (Å²) in [6.07, 6.45) is -2.83. The summed E-state index contributed by atoms with van der Waals surface area (Å²) in [6, 6.07) is 0.643. The summed E-state index contributed by atoms with van der Waals surface area (Å²) in [6.45, 7) is 1.48. The Hall–Kier alpha value is -1.23. The lowest BCUT2D eigenvalue weighted by Gasteiger charge is -2.15. The zero-order valence-electron chi connectivity index (χ0n) is 7.47. The number of aromatic hydroxyl groups is 1. The van der Waals surface area contributed by atoms with E-state index in [-0.39, 0.29) is 5.56 Å². The van der Waals surface area contributed by atoms with Crippen molar-refractivity contribution in [2.45, 2.75) is 19.4 Å². The first-order chi connectivity index (χ1) is 6.45. The van der Waals surface area contributed by atoms with Crippen molar-refractivity contribution < 1.29 is 18.3 Å². The van der Waals surface area contributed by atoms with Gasteiger partial charge in [0.25, 0.3) is 6.43 Å². The second-order valence-corrected chi connectivity index (χ2v) is 2.99. The topological polar surface area (TPSA) is 46.2 Å². The Bertz CT molecular complexity index is 341. The number of hydrogen-bond donors (Lipinski definition) is 2. The van der Waals surface area contributed by atoms with Gasteiger partial charge in [0.15, 0.2) is 11.6 Å². The van der Waals surface area contributed by atoms with Gasteiger partial charge in [-0.25, -0.2) is 13.2 Å². The predicted octanol–water partition coefficient (Wildman–Crippen LogP) is 2.10. The Morgan fingerprint density at radius 2 is 1.93 bits per heavy atom. The van der Waals surface area contributed by atoms with Crippen LogP contribution in [0.15, 0.2) is 12.1 Å². The van der Waals surface area contributed by atoms with Gasteiger partial charge in [0.05, 0.1) is 6.04 Å². The van der Waals surface area contributed by atoms with Gasteiger partial charge in [-0.3, -0.25) is 0 Å². The molecule has 14 heavy (non-hydrogen) atoms. The number of phenols is 1. The molecule has 2 nitrogen and oxygen atoms in total. The number of alkyl halides is 2. The third-order valence-electron chi connectivity index (χ3n) is 1.99. The van der Waals surface area contributed by atoms with Crippen molar-refractivity contribution in [3.05, 3.63) is 29.1 Å². The molecule has 0 saturated heterocycles. The molecule has 0 aliphatic carbocycles. The van der Waals surface area contributed by atoms with E-state index in [0.717, 1.165) is 6.07 Å². The molecular formula is C9H10F3NO. The highest BCUT2D eigenvalue weighted by Gasteiger charge is 2.24.